The van der Waals surface area contributed by atoms with Gasteiger partial charge in [0.1, 0.15) is 5.82 Å². The summed E-state index contributed by atoms with van der Waals surface area (Å²) in [7, 11) is 0. The van der Waals surface area contributed by atoms with Crippen LogP contribution in [0.15, 0.2) is 42.6 Å². The van der Waals surface area contributed by atoms with E-state index in [4.69, 9.17) is 0 Å². The zero-order chi connectivity index (χ0) is 17.5. The highest BCUT2D eigenvalue weighted by Crippen LogP contribution is 2.15. The van der Waals surface area contributed by atoms with E-state index >= 15 is 0 Å². The van der Waals surface area contributed by atoms with Gasteiger partial charge in [-0.2, -0.15) is 5.26 Å². The Hall–Kier alpha value is -3.00. The summed E-state index contributed by atoms with van der Waals surface area (Å²) in [6, 6.07) is 12.8. The second kappa shape index (κ2) is 8.02. The van der Waals surface area contributed by atoms with Crippen LogP contribution in [0, 0.1) is 31.1 Å². The lowest BCUT2D eigenvalue weighted by Crippen LogP contribution is -2.29. The molecule has 0 aliphatic heterocycles. The van der Waals surface area contributed by atoms with Crippen molar-refractivity contribution in [3.8, 4) is 6.07 Å². The van der Waals surface area contributed by atoms with E-state index in [1.165, 1.54) is 6.20 Å². The maximum Gasteiger partial charge on any atom is 0.250 e. The number of benzene rings is 1. The molecule has 0 bridgehead atoms. The molecule has 5 heteroatoms. The molecule has 1 N–H and O–H groups in total. The normalized spacial score (nSPS) is 11.4. The maximum absolute atomic E-state index is 12.3. The van der Waals surface area contributed by atoms with Crippen LogP contribution in [0.3, 0.4) is 0 Å². The van der Waals surface area contributed by atoms with E-state index in [1.54, 1.807) is 24.3 Å². The number of hydrogen-bond acceptors (Lipinski definition) is 4. The molecule has 1 aromatic carbocycles. The Morgan fingerprint density at radius 1 is 1.25 bits per heavy atom. The summed E-state index contributed by atoms with van der Waals surface area (Å²) in [5.74, 6) is -2.02. The number of ketones is 1. The third kappa shape index (κ3) is 4.50. The fourth-order valence-corrected chi connectivity index (χ4v) is 2.44. The molecular weight excluding hydrogens is 302 g/mol. The van der Waals surface area contributed by atoms with Gasteiger partial charge in [-0.1, -0.05) is 29.8 Å². The summed E-state index contributed by atoms with van der Waals surface area (Å²) in [4.78, 5) is 28.3. The molecule has 0 fully saturated rings. The molecule has 0 aliphatic rings. The predicted molar refractivity (Wildman–Crippen MR) is 91.2 cm³/mol. The van der Waals surface area contributed by atoms with E-state index in [0.717, 1.165) is 16.7 Å². The zero-order valence-corrected chi connectivity index (χ0v) is 13.7. The Bertz CT molecular complexity index is 779. The summed E-state index contributed by atoms with van der Waals surface area (Å²) >= 11 is 0. The van der Waals surface area contributed by atoms with Gasteiger partial charge in [0, 0.05) is 12.6 Å². The van der Waals surface area contributed by atoms with Crippen molar-refractivity contribution >= 4 is 17.5 Å². The van der Waals surface area contributed by atoms with Crippen molar-refractivity contribution in [2.75, 3.05) is 5.32 Å². The van der Waals surface area contributed by atoms with Gasteiger partial charge in [-0.15, -0.1) is 0 Å². The van der Waals surface area contributed by atoms with E-state index in [2.05, 4.69) is 16.4 Å². The quantitative estimate of drug-likeness (QED) is 0.829. The minimum absolute atomic E-state index is 0.151. The molecule has 1 amide bonds. The van der Waals surface area contributed by atoms with Crippen LogP contribution < -0.4 is 5.32 Å². The number of Topliss-reactive ketones (excluding diaryl/α,β-unsaturated/α-hetero) is 1. The van der Waals surface area contributed by atoms with Gasteiger partial charge in [0.05, 0.1) is 6.07 Å². The number of pyridine rings is 1. The number of anilines is 1. The van der Waals surface area contributed by atoms with Gasteiger partial charge in [0.2, 0.25) is 0 Å². The third-order valence-electron chi connectivity index (χ3n) is 3.77. The molecule has 0 unspecified atom stereocenters. The van der Waals surface area contributed by atoms with E-state index < -0.39 is 11.8 Å². The van der Waals surface area contributed by atoms with Crippen molar-refractivity contribution in [3.05, 3.63) is 59.3 Å². The van der Waals surface area contributed by atoms with Gasteiger partial charge >= 0.3 is 0 Å². The van der Waals surface area contributed by atoms with Crippen molar-refractivity contribution in [1.29, 1.82) is 5.26 Å². The van der Waals surface area contributed by atoms with Gasteiger partial charge in [-0.3, -0.25) is 9.59 Å². The van der Waals surface area contributed by atoms with Crippen molar-refractivity contribution in [2.24, 2.45) is 5.92 Å². The van der Waals surface area contributed by atoms with Crippen LogP contribution in [0.5, 0.6) is 0 Å². The number of hydrogen-bond donors (Lipinski definition) is 1. The van der Waals surface area contributed by atoms with E-state index in [1.807, 2.05) is 26.0 Å². The number of rotatable bonds is 6. The molecule has 0 aliphatic carbocycles. The molecule has 122 valence electrons. The van der Waals surface area contributed by atoms with Crippen LogP contribution >= 0.6 is 0 Å². The Morgan fingerprint density at radius 3 is 2.67 bits per heavy atom. The number of amides is 1. The summed E-state index contributed by atoms with van der Waals surface area (Å²) < 4.78 is 0. The Labute approximate surface area is 141 Å². The molecule has 1 aromatic heterocycles. The molecule has 0 saturated heterocycles. The summed E-state index contributed by atoms with van der Waals surface area (Å²) in [6.07, 6.45) is 2.19. The van der Waals surface area contributed by atoms with Gasteiger partial charge in [-0.25, -0.2) is 4.98 Å². The lowest BCUT2D eigenvalue weighted by molar-refractivity contribution is -0.128. The summed E-state index contributed by atoms with van der Waals surface area (Å²) in [6.45, 7) is 4.00. The fraction of sp³-hybridized carbons (Fsp3) is 0.263. The van der Waals surface area contributed by atoms with Gasteiger partial charge in [0.15, 0.2) is 11.7 Å². The van der Waals surface area contributed by atoms with Crippen LogP contribution in [0.1, 0.15) is 23.1 Å². The van der Waals surface area contributed by atoms with Gasteiger partial charge < -0.3 is 5.32 Å². The van der Waals surface area contributed by atoms with E-state index in [-0.39, 0.29) is 12.2 Å². The number of nitrogens with zero attached hydrogens (tertiary/aromatic N) is 2. The van der Waals surface area contributed by atoms with Crippen molar-refractivity contribution in [2.45, 2.75) is 26.7 Å². The van der Waals surface area contributed by atoms with Gasteiger partial charge in [0.25, 0.3) is 5.91 Å². The lowest BCUT2D eigenvalue weighted by Gasteiger charge is -2.10. The average Bonchev–Trinajstić information content (AvgIpc) is 2.55. The largest absolute Gasteiger partial charge is 0.309 e. The van der Waals surface area contributed by atoms with Crippen molar-refractivity contribution in [1.82, 2.24) is 4.98 Å². The zero-order valence-electron chi connectivity index (χ0n) is 13.7. The highest BCUT2D eigenvalue weighted by atomic mass is 16.2. The van der Waals surface area contributed by atoms with Gasteiger partial charge in [-0.05, 0) is 43.5 Å². The fourth-order valence-electron chi connectivity index (χ4n) is 2.44. The molecule has 1 atom stereocenters. The first-order chi connectivity index (χ1) is 11.5. The predicted octanol–water partition coefficient (Wildman–Crippen LogP) is 2.98. The molecule has 2 aromatic rings. The maximum atomic E-state index is 12.3. The monoisotopic (exact) mass is 321 g/mol. The molecule has 5 nitrogen and oxygen atoms in total. The smallest absolute Gasteiger partial charge is 0.250 e. The Morgan fingerprint density at radius 2 is 2.04 bits per heavy atom. The first-order valence-electron chi connectivity index (χ1n) is 7.71. The number of aryl methyl sites for hydroxylation is 3. The van der Waals surface area contributed by atoms with Crippen LogP contribution in [0.2, 0.25) is 0 Å². The standard InChI is InChI=1S/C19H19N3O2/c1-13-6-7-15(14(2)11-13)8-9-17(23)16(12-20)19(24)22-18-5-3-4-10-21-18/h3-7,10-11,16H,8-9H2,1-2H3,(H,21,22,24)/t16-/m0/s1. The number of nitriles is 1. The molecule has 2 rings (SSSR count). The van der Waals surface area contributed by atoms with E-state index in [9.17, 15) is 14.9 Å². The van der Waals surface area contributed by atoms with Crippen molar-refractivity contribution < 1.29 is 9.59 Å². The third-order valence-corrected chi connectivity index (χ3v) is 3.77. The van der Waals surface area contributed by atoms with Crippen molar-refractivity contribution in [3.63, 3.8) is 0 Å². The Balaban J connectivity index is 1.98. The summed E-state index contributed by atoms with van der Waals surface area (Å²) in [5, 5.41) is 11.7. The molecular formula is C19H19N3O2. The number of aromatic nitrogens is 1. The molecule has 24 heavy (non-hydrogen) atoms. The first-order valence-corrected chi connectivity index (χ1v) is 7.71. The molecule has 0 saturated carbocycles. The average molecular weight is 321 g/mol. The minimum atomic E-state index is -1.32. The topological polar surface area (TPSA) is 82.8 Å². The minimum Gasteiger partial charge on any atom is -0.309 e. The molecule has 0 spiro atoms. The lowest BCUT2D eigenvalue weighted by atomic mass is 9.96. The van der Waals surface area contributed by atoms with Crippen LogP contribution in [0.25, 0.3) is 0 Å². The second-order valence-electron chi connectivity index (χ2n) is 5.66. The van der Waals surface area contributed by atoms with Crippen LogP contribution in [-0.4, -0.2) is 16.7 Å². The molecule has 1 heterocycles. The number of carbonyl (C=O) groups is 2. The number of carbonyl (C=O) groups excluding carboxylic acids is 2. The highest BCUT2D eigenvalue weighted by molar-refractivity contribution is 6.09. The number of nitrogens with one attached hydrogen (secondary N) is 1. The van der Waals surface area contributed by atoms with Crippen LogP contribution in [0.4, 0.5) is 5.82 Å². The van der Waals surface area contributed by atoms with Crippen LogP contribution in [-0.2, 0) is 16.0 Å². The van der Waals surface area contributed by atoms with E-state index in [0.29, 0.717) is 12.2 Å². The SMILES string of the molecule is Cc1ccc(CCC(=O)[C@H](C#N)C(=O)Nc2ccccn2)c(C)c1. The highest BCUT2D eigenvalue weighted by Gasteiger charge is 2.26. The summed E-state index contributed by atoms with van der Waals surface area (Å²) in [5.41, 5.74) is 3.32. The Kier molecular flexibility index (Phi) is 5.80. The second-order valence-corrected chi connectivity index (χ2v) is 5.66. The molecule has 0 radical (unpaired) electrons. The first kappa shape index (κ1) is 17.4.